The van der Waals surface area contributed by atoms with Gasteiger partial charge in [-0.25, -0.2) is 9.97 Å². The topological polar surface area (TPSA) is 67.3 Å². The normalized spacial score (nSPS) is 14.9. The lowest BCUT2D eigenvalue weighted by atomic mass is 9.95. The van der Waals surface area contributed by atoms with Gasteiger partial charge in [-0.05, 0) is 44.4 Å². The standard InChI is InChI=1S/C22H26N4O2S/c1-14-20-19(13-29-14)24-15(2)25-21(20)26-9-7-17(8-10-26)22(27)23-12-16-5-4-6-18(11-16)28-3/h4-6,11,13,17H,7-10,12H2,1-3H3,(H,23,27). The van der Waals surface area contributed by atoms with Crippen LogP contribution in [-0.4, -0.2) is 36.1 Å². The number of amides is 1. The maximum absolute atomic E-state index is 12.7. The van der Waals surface area contributed by atoms with Gasteiger partial charge < -0.3 is 15.0 Å². The van der Waals surface area contributed by atoms with E-state index < -0.39 is 0 Å². The van der Waals surface area contributed by atoms with Gasteiger partial charge >= 0.3 is 0 Å². The summed E-state index contributed by atoms with van der Waals surface area (Å²) in [4.78, 5) is 25.5. The molecule has 1 aromatic carbocycles. The van der Waals surface area contributed by atoms with Gasteiger partial charge in [-0.3, -0.25) is 4.79 Å². The molecule has 4 rings (SSSR count). The lowest BCUT2D eigenvalue weighted by Crippen LogP contribution is -2.40. The Morgan fingerprint density at radius 1 is 1.28 bits per heavy atom. The van der Waals surface area contributed by atoms with Gasteiger partial charge in [-0.1, -0.05) is 12.1 Å². The first-order chi connectivity index (χ1) is 14.0. The fourth-order valence-electron chi connectivity index (χ4n) is 3.90. The monoisotopic (exact) mass is 410 g/mol. The molecule has 1 aliphatic rings. The molecule has 29 heavy (non-hydrogen) atoms. The number of nitrogens with zero attached hydrogens (tertiary/aromatic N) is 3. The summed E-state index contributed by atoms with van der Waals surface area (Å²) in [5.41, 5.74) is 2.06. The van der Waals surface area contributed by atoms with Crippen LogP contribution in [0.5, 0.6) is 5.75 Å². The van der Waals surface area contributed by atoms with Crippen molar-refractivity contribution in [1.29, 1.82) is 0 Å². The number of rotatable bonds is 5. The van der Waals surface area contributed by atoms with Crippen molar-refractivity contribution in [1.82, 2.24) is 15.3 Å². The minimum atomic E-state index is 0.0406. The van der Waals surface area contributed by atoms with Crippen molar-refractivity contribution in [2.75, 3.05) is 25.1 Å². The zero-order valence-electron chi connectivity index (χ0n) is 17.1. The first-order valence-corrected chi connectivity index (χ1v) is 10.8. The number of benzene rings is 1. The summed E-state index contributed by atoms with van der Waals surface area (Å²) in [7, 11) is 1.65. The van der Waals surface area contributed by atoms with Crippen LogP contribution in [0.25, 0.3) is 10.9 Å². The zero-order chi connectivity index (χ0) is 20.4. The molecule has 3 aromatic rings. The molecule has 1 fully saturated rings. The molecule has 0 spiro atoms. The fourth-order valence-corrected chi connectivity index (χ4v) is 4.68. The summed E-state index contributed by atoms with van der Waals surface area (Å²) in [6.07, 6.45) is 1.66. The molecule has 0 radical (unpaired) electrons. The van der Waals surface area contributed by atoms with E-state index >= 15 is 0 Å². The first kappa shape index (κ1) is 19.6. The van der Waals surface area contributed by atoms with Crippen LogP contribution >= 0.6 is 11.3 Å². The Balaban J connectivity index is 1.38. The summed E-state index contributed by atoms with van der Waals surface area (Å²) in [6.45, 7) is 6.24. The molecule has 3 heterocycles. The van der Waals surface area contributed by atoms with Crippen LogP contribution < -0.4 is 15.0 Å². The van der Waals surface area contributed by atoms with Crippen LogP contribution in [0.15, 0.2) is 29.6 Å². The third-order valence-electron chi connectivity index (χ3n) is 5.50. The van der Waals surface area contributed by atoms with E-state index in [2.05, 4.69) is 27.5 Å². The van der Waals surface area contributed by atoms with Crippen LogP contribution in [0.2, 0.25) is 0 Å². The van der Waals surface area contributed by atoms with E-state index in [4.69, 9.17) is 9.72 Å². The number of methoxy groups -OCH3 is 1. The number of thiophene rings is 1. The Morgan fingerprint density at radius 3 is 2.83 bits per heavy atom. The predicted octanol–water partition coefficient (Wildman–Crippen LogP) is 3.85. The molecule has 1 aliphatic heterocycles. The van der Waals surface area contributed by atoms with Gasteiger partial charge in [0.2, 0.25) is 5.91 Å². The predicted molar refractivity (Wildman–Crippen MR) is 117 cm³/mol. The van der Waals surface area contributed by atoms with E-state index in [0.29, 0.717) is 6.54 Å². The average Bonchev–Trinajstić information content (AvgIpc) is 3.12. The second kappa shape index (κ2) is 8.37. The molecular weight excluding hydrogens is 384 g/mol. The van der Waals surface area contributed by atoms with Gasteiger partial charge in [0, 0.05) is 35.8 Å². The highest BCUT2D eigenvalue weighted by molar-refractivity contribution is 7.11. The Bertz CT molecular complexity index is 1020. The molecule has 2 aromatic heterocycles. The Morgan fingerprint density at radius 2 is 2.07 bits per heavy atom. The molecule has 0 aliphatic carbocycles. The lowest BCUT2D eigenvalue weighted by Gasteiger charge is -2.32. The van der Waals surface area contributed by atoms with Crippen molar-refractivity contribution in [3.8, 4) is 5.75 Å². The van der Waals surface area contributed by atoms with E-state index in [1.165, 1.54) is 4.88 Å². The molecule has 1 saturated heterocycles. The number of hydrogen-bond donors (Lipinski definition) is 1. The number of aromatic nitrogens is 2. The van der Waals surface area contributed by atoms with Gasteiger partial charge in [0.15, 0.2) is 0 Å². The van der Waals surface area contributed by atoms with Crippen molar-refractivity contribution < 1.29 is 9.53 Å². The molecule has 6 nitrogen and oxygen atoms in total. The molecule has 1 N–H and O–H groups in total. The molecule has 0 saturated carbocycles. The van der Waals surface area contributed by atoms with E-state index in [1.54, 1.807) is 18.4 Å². The minimum absolute atomic E-state index is 0.0406. The maximum atomic E-state index is 12.7. The fraction of sp³-hybridized carbons (Fsp3) is 0.409. The highest BCUT2D eigenvalue weighted by Gasteiger charge is 2.27. The molecule has 1 amide bonds. The number of carbonyl (C=O) groups excluding carboxylic acids is 1. The molecule has 0 bridgehead atoms. The van der Waals surface area contributed by atoms with Crippen LogP contribution in [0.4, 0.5) is 5.82 Å². The van der Waals surface area contributed by atoms with Crippen molar-refractivity contribution in [2.24, 2.45) is 5.92 Å². The number of nitrogens with one attached hydrogen (secondary N) is 1. The molecule has 0 unspecified atom stereocenters. The highest BCUT2D eigenvalue weighted by atomic mass is 32.1. The Hall–Kier alpha value is -2.67. The van der Waals surface area contributed by atoms with Crippen molar-refractivity contribution in [3.05, 3.63) is 45.9 Å². The first-order valence-electron chi connectivity index (χ1n) is 9.93. The summed E-state index contributed by atoms with van der Waals surface area (Å²) < 4.78 is 5.25. The number of carbonyl (C=O) groups is 1. The van der Waals surface area contributed by atoms with E-state index in [9.17, 15) is 4.79 Å². The molecule has 7 heteroatoms. The van der Waals surface area contributed by atoms with Crippen molar-refractivity contribution >= 4 is 34.0 Å². The Labute approximate surface area is 174 Å². The van der Waals surface area contributed by atoms with E-state index in [1.807, 2.05) is 31.2 Å². The van der Waals surface area contributed by atoms with E-state index in [-0.39, 0.29) is 11.8 Å². The maximum Gasteiger partial charge on any atom is 0.223 e. The Kier molecular flexibility index (Phi) is 5.67. The van der Waals surface area contributed by atoms with Gasteiger partial charge in [-0.15, -0.1) is 11.3 Å². The second-order valence-electron chi connectivity index (χ2n) is 7.48. The number of anilines is 1. The van der Waals surface area contributed by atoms with E-state index in [0.717, 1.165) is 59.8 Å². The van der Waals surface area contributed by atoms with Crippen LogP contribution in [-0.2, 0) is 11.3 Å². The van der Waals surface area contributed by atoms with Crippen LogP contribution in [0, 0.1) is 19.8 Å². The number of piperidine rings is 1. The van der Waals surface area contributed by atoms with Crippen molar-refractivity contribution in [3.63, 3.8) is 0 Å². The van der Waals surface area contributed by atoms with Crippen LogP contribution in [0.1, 0.15) is 29.1 Å². The summed E-state index contributed by atoms with van der Waals surface area (Å²) in [6, 6.07) is 7.80. The number of fused-ring (bicyclic) bond motifs is 1. The zero-order valence-corrected chi connectivity index (χ0v) is 17.9. The lowest BCUT2D eigenvalue weighted by molar-refractivity contribution is -0.125. The quantitative estimate of drug-likeness (QED) is 0.692. The average molecular weight is 411 g/mol. The van der Waals surface area contributed by atoms with Crippen LogP contribution in [0.3, 0.4) is 0 Å². The minimum Gasteiger partial charge on any atom is -0.497 e. The van der Waals surface area contributed by atoms with Gasteiger partial charge in [0.1, 0.15) is 17.4 Å². The van der Waals surface area contributed by atoms with Gasteiger partial charge in [0.25, 0.3) is 0 Å². The third-order valence-corrected chi connectivity index (χ3v) is 6.39. The summed E-state index contributed by atoms with van der Waals surface area (Å²) in [5, 5.41) is 6.33. The largest absolute Gasteiger partial charge is 0.497 e. The third kappa shape index (κ3) is 4.19. The number of aryl methyl sites for hydroxylation is 2. The van der Waals surface area contributed by atoms with Gasteiger partial charge in [-0.2, -0.15) is 0 Å². The number of ether oxygens (including phenoxy) is 1. The molecule has 0 atom stereocenters. The second-order valence-corrected chi connectivity index (χ2v) is 8.56. The summed E-state index contributed by atoms with van der Waals surface area (Å²) >= 11 is 1.71. The number of hydrogen-bond acceptors (Lipinski definition) is 6. The highest BCUT2D eigenvalue weighted by Crippen LogP contribution is 2.33. The summed E-state index contributed by atoms with van der Waals surface area (Å²) in [5.74, 6) is 2.78. The SMILES string of the molecule is COc1cccc(CNC(=O)C2CCN(c3nc(C)nc4csc(C)c34)CC2)c1. The van der Waals surface area contributed by atoms with Crippen molar-refractivity contribution in [2.45, 2.75) is 33.2 Å². The smallest absolute Gasteiger partial charge is 0.223 e. The molecule has 152 valence electrons. The van der Waals surface area contributed by atoms with Gasteiger partial charge in [0.05, 0.1) is 18.0 Å². The molecular formula is C22H26N4O2S.